The van der Waals surface area contributed by atoms with Crippen LogP contribution in [-0.2, 0) is 17.8 Å². The number of hydrogen-bond donors (Lipinski definition) is 2. The van der Waals surface area contributed by atoms with Crippen LogP contribution in [0.3, 0.4) is 0 Å². The van der Waals surface area contributed by atoms with Crippen molar-refractivity contribution in [1.29, 1.82) is 0 Å². The summed E-state index contributed by atoms with van der Waals surface area (Å²) in [7, 11) is 0. The van der Waals surface area contributed by atoms with E-state index in [0.717, 1.165) is 11.1 Å². The first-order valence-electron chi connectivity index (χ1n) is 5.55. The van der Waals surface area contributed by atoms with Crippen LogP contribution >= 0.6 is 0 Å². The van der Waals surface area contributed by atoms with Crippen LogP contribution in [0.1, 0.15) is 18.9 Å². The smallest absolute Gasteiger partial charge is 0.303 e. The van der Waals surface area contributed by atoms with Crippen molar-refractivity contribution in [2.45, 2.75) is 26.3 Å². The molecule has 5 nitrogen and oxygen atoms in total. The van der Waals surface area contributed by atoms with Gasteiger partial charge in [0.05, 0.1) is 10.9 Å². The van der Waals surface area contributed by atoms with Gasteiger partial charge in [0.2, 0.25) is 0 Å². The van der Waals surface area contributed by atoms with Gasteiger partial charge in [0.25, 0.3) is 5.56 Å². The first-order chi connectivity index (χ1) is 8.13. The second-order valence-corrected chi connectivity index (χ2v) is 3.89. The molecule has 1 aromatic heterocycles. The Morgan fingerprint density at radius 3 is 2.88 bits per heavy atom. The van der Waals surface area contributed by atoms with Crippen molar-refractivity contribution < 1.29 is 9.90 Å². The molecule has 0 fully saturated rings. The number of aromatic nitrogens is 2. The van der Waals surface area contributed by atoms with E-state index in [1.54, 1.807) is 12.1 Å². The Hall–Kier alpha value is -2.04. The van der Waals surface area contributed by atoms with Gasteiger partial charge in [0, 0.05) is 13.0 Å². The summed E-state index contributed by atoms with van der Waals surface area (Å²) in [5.74, 6) is -0.834. The molecule has 0 amide bonds. The van der Waals surface area contributed by atoms with Crippen LogP contribution in [-0.4, -0.2) is 20.9 Å². The number of para-hydroxylation sites is 1. The third-order valence-corrected chi connectivity index (χ3v) is 2.80. The maximum Gasteiger partial charge on any atom is 0.303 e. The summed E-state index contributed by atoms with van der Waals surface area (Å²) in [6, 6.07) is 5.39. The minimum Gasteiger partial charge on any atom is -0.481 e. The second kappa shape index (κ2) is 4.45. The van der Waals surface area contributed by atoms with Crippen LogP contribution in [0.4, 0.5) is 0 Å². The Morgan fingerprint density at radius 1 is 1.47 bits per heavy atom. The van der Waals surface area contributed by atoms with Gasteiger partial charge >= 0.3 is 5.97 Å². The Kier molecular flexibility index (Phi) is 2.99. The second-order valence-electron chi connectivity index (χ2n) is 3.89. The molecule has 0 radical (unpaired) electrons. The highest BCUT2D eigenvalue weighted by Crippen LogP contribution is 2.15. The molecule has 1 aromatic carbocycles. The number of benzene rings is 1. The van der Waals surface area contributed by atoms with Gasteiger partial charge in [0.15, 0.2) is 0 Å². The number of aryl methyl sites for hydroxylation is 2. The summed E-state index contributed by atoms with van der Waals surface area (Å²) in [4.78, 5) is 22.4. The molecule has 0 aliphatic carbocycles. The van der Waals surface area contributed by atoms with Crippen LogP contribution in [0.25, 0.3) is 10.9 Å². The SMILES string of the molecule is CCn1[nH]c2c(CCC(=O)O)cccc2c1=O. The van der Waals surface area contributed by atoms with E-state index in [-0.39, 0.29) is 12.0 Å². The zero-order chi connectivity index (χ0) is 12.4. The molecule has 0 saturated carbocycles. The molecule has 0 aliphatic rings. The zero-order valence-corrected chi connectivity index (χ0v) is 9.56. The number of aromatic amines is 1. The molecule has 0 bridgehead atoms. The van der Waals surface area contributed by atoms with Gasteiger partial charge in [-0.2, -0.15) is 0 Å². The first-order valence-corrected chi connectivity index (χ1v) is 5.55. The van der Waals surface area contributed by atoms with Gasteiger partial charge < -0.3 is 5.11 Å². The molecule has 2 aromatic rings. The number of nitrogens with one attached hydrogen (secondary N) is 1. The summed E-state index contributed by atoms with van der Waals surface area (Å²) in [6.07, 6.45) is 0.495. The number of hydrogen-bond acceptors (Lipinski definition) is 2. The zero-order valence-electron chi connectivity index (χ0n) is 9.56. The average molecular weight is 234 g/mol. The van der Waals surface area contributed by atoms with Crippen LogP contribution in [0.5, 0.6) is 0 Å². The topological polar surface area (TPSA) is 75.1 Å². The summed E-state index contributed by atoms with van der Waals surface area (Å²) >= 11 is 0. The maximum atomic E-state index is 11.9. The number of rotatable bonds is 4. The lowest BCUT2D eigenvalue weighted by Crippen LogP contribution is -2.14. The van der Waals surface area contributed by atoms with E-state index in [1.807, 2.05) is 13.0 Å². The maximum absolute atomic E-state index is 11.9. The summed E-state index contributed by atoms with van der Waals surface area (Å²) in [5.41, 5.74) is 1.56. The number of fused-ring (bicyclic) bond motifs is 1. The van der Waals surface area contributed by atoms with E-state index in [4.69, 9.17) is 5.11 Å². The highest BCUT2D eigenvalue weighted by atomic mass is 16.4. The van der Waals surface area contributed by atoms with Crippen molar-refractivity contribution in [2.24, 2.45) is 0 Å². The minimum absolute atomic E-state index is 0.0559. The molecule has 1 heterocycles. The van der Waals surface area contributed by atoms with E-state index in [9.17, 15) is 9.59 Å². The van der Waals surface area contributed by atoms with Crippen LogP contribution in [0.2, 0.25) is 0 Å². The fourth-order valence-corrected chi connectivity index (χ4v) is 1.91. The molecule has 2 rings (SSSR count). The number of carbonyl (C=O) groups is 1. The standard InChI is InChI=1S/C12H14N2O3/c1-2-14-12(17)9-5-3-4-8(11(9)13-14)6-7-10(15)16/h3-5,13H,2,6-7H2,1H3,(H,15,16). The number of nitrogens with zero attached hydrogens (tertiary/aromatic N) is 1. The normalized spacial score (nSPS) is 10.9. The number of carboxylic acid groups (broad SMARTS) is 1. The average Bonchev–Trinajstić information content (AvgIpc) is 2.64. The number of carboxylic acids is 1. The van der Waals surface area contributed by atoms with E-state index >= 15 is 0 Å². The fraction of sp³-hybridized carbons (Fsp3) is 0.333. The van der Waals surface area contributed by atoms with Crippen molar-refractivity contribution in [3.63, 3.8) is 0 Å². The molecule has 0 aliphatic heterocycles. The Balaban J connectivity index is 2.50. The summed E-state index contributed by atoms with van der Waals surface area (Å²) in [6.45, 7) is 2.46. The Labute approximate surface area is 97.7 Å². The van der Waals surface area contributed by atoms with Crippen molar-refractivity contribution in [2.75, 3.05) is 0 Å². The summed E-state index contributed by atoms with van der Waals surface area (Å²) in [5, 5.41) is 12.3. The highest BCUT2D eigenvalue weighted by Gasteiger charge is 2.09. The van der Waals surface area contributed by atoms with Crippen molar-refractivity contribution in [3.05, 3.63) is 34.1 Å². The number of H-pyrrole nitrogens is 1. The first kappa shape index (κ1) is 11.4. The third kappa shape index (κ3) is 2.08. The summed E-state index contributed by atoms with van der Waals surface area (Å²) < 4.78 is 1.52. The predicted molar refractivity (Wildman–Crippen MR) is 64.2 cm³/mol. The largest absolute Gasteiger partial charge is 0.481 e. The molecule has 90 valence electrons. The molecular formula is C12H14N2O3. The molecule has 0 saturated heterocycles. The Bertz CT molecular complexity index is 610. The van der Waals surface area contributed by atoms with Gasteiger partial charge in [-0.1, -0.05) is 12.1 Å². The molecule has 0 spiro atoms. The lowest BCUT2D eigenvalue weighted by Gasteiger charge is -2.00. The third-order valence-electron chi connectivity index (χ3n) is 2.80. The lowest BCUT2D eigenvalue weighted by atomic mass is 10.1. The lowest BCUT2D eigenvalue weighted by molar-refractivity contribution is -0.136. The van der Waals surface area contributed by atoms with Gasteiger partial charge in [-0.15, -0.1) is 0 Å². The molecular weight excluding hydrogens is 220 g/mol. The van der Waals surface area contributed by atoms with Crippen molar-refractivity contribution >= 4 is 16.9 Å². The van der Waals surface area contributed by atoms with Crippen LogP contribution in [0.15, 0.2) is 23.0 Å². The number of aliphatic carboxylic acids is 1. The monoisotopic (exact) mass is 234 g/mol. The van der Waals surface area contributed by atoms with Gasteiger partial charge in [-0.05, 0) is 25.0 Å². The van der Waals surface area contributed by atoms with Crippen molar-refractivity contribution in [3.8, 4) is 0 Å². The Morgan fingerprint density at radius 2 is 2.24 bits per heavy atom. The van der Waals surface area contributed by atoms with E-state index in [1.165, 1.54) is 4.68 Å². The predicted octanol–water partition coefficient (Wildman–Crippen LogP) is 1.37. The molecule has 0 atom stereocenters. The quantitative estimate of drug-likeness (QED) is 0.838. The van der Waals surface area contributed by atoms with Gasteiger partial charge in [0.1, 0.15) is 0 Å². The molecule has 2 N–H and O–H groups in total. The highest BCUT2D eigenvalue weighted by molar-refractivity contribution is 5.81. The van der Waals surface area contributed by atoms with Gasteiger partial charge in [-0.25, -0.2) is 0 Å². The fourth-order valence-electron chi connectivity index (χ4n) is 1.91. The van der Waals surface area contributed by atoms with Gasteiger partial charge in [-0.3, -0.25) is 19.4 Å². The van der Waals surface area contributed by atoms with E-state index in [0.29, 0.717) is 18.4 Å². The van der Waals surface area contributed by atoms with Crippen molar-refractivity contribution in [1.82, 2.24) is 9.78 Å². The minimum atomic E-state index is -0.834. The van der Waals surface area contributed by atoms with Crippen LogP contribution < -0.4 is 5.56 Å². The molecule has 5 heteroatoms. The van der Waals surface area contributed by atoms with E-state index < -0.39 is 5.97 Å². The van der Waals surface area contributed by atoms with Crippen LogP contribution in [0, 0.1) is 0 Å². The van der Waals surface area contributed by atoms with E-state index in [2.05, 4.69) is 5.10 Å². The molecule has 17 heavy (non-hydrogen) atoms. The molecule has 0 unspecified atom stereocenters.